The summed E-state index contributed by atoms with van der Waals surface area (Å²) in [5, 5.41) is 6.80. The molecule has 2 aromatic carbocycles. The summed E-state index contributed by atoms with van der Waals surface area (Å²) in [6.45, 7) is 1.96. The van der Waals surface area contributed by atoms with Crippen LogP contribution in [0.2, 0.25) is 5.02 Å². The second-order valence-electron chi connectivity index (χ2n) is 8.48. The van der Waals surface area contributed by atoms with E-state index in [4.69, 9.17) is 11.6 Å². The number of benzene rings is 2. The summed E-state index contributed by atoms with van der Waals surface area (Å²) in [5.74, 6) is 0.348. The van der Waals surface area contributed by atoms with E-state index in [1.807, 2.05) is 57.4 Å². The summed E-state index contributed by atoms with van der Waals surface area (Å²) in [4.78, 5) is 9.70. The molecule has 1 aromatic heterocycles. The first-order chi connectivity index (χ1) is 17.0. The molecule has 0 bridgehead atoms. The van der Waals surface area contributed by atoms with Crippen molar-refractivity contribution >= 4 is 47.3 Å². The number of rotatable bonds is 7. The van der Waals surface area contributed by atoms with Crippen molar-refractivity contribution in [3.05, 3.63) is 76.3 Å². The topological polar surface area (TPSA) is 61.9 Å². The maximum atomic E-state index is 14.7. The van der Waals surface area contributed by atoms with Gasteiger partial charge in [0.05, 0.1) is 10.7 Å². The third kappa shape index (κ3) is 8.53. The Morgan fingerprint density at radius 1 is 1.03 bits per heavy atom. The molecule has 35 heavy (non-hydrogen) atoms. The molecule has 1 fully saturated rings. The SMILES string of the molecule is CNC.Cc1cc(NSc2ccccc2Cl)c(F)cc1/C=C/c1cnc(NC2CCCCC2)nc1. The third-order valence-corrected chi connectivity index (χ3v) is 6.87. The van der Waals surface area contributed by atoms with Gasteiger partial charge in [-0.1, -0.05) is 55.1 Å². The summed E-state index contributed by atoms with van der Waals surface area (Å²) in [5.41, 5.74) is 3.06. The van der Waals surface area contributed by atoms with Gasteiger partial charge >= 0.3 is 0 Å². The van der Waals surface area contributed by atoms with E-state index < -0.39 is 0 Å². The lowest BCUT2D eigenvalue weighted by molar-refractivity contribution is 0.461. The van der Waals surface area contributed by atoms with Crippen LogP contribution in [0, 0.1) is 12.7 Å². The zero-order valence-electron chi connectivity index (χ0n) is 20.4. The summed E-state index contributed by atoms with van der Waals surface area (Å²) < 4.78 is 17.7. The molecule has 4 rings (SSSR count). The fourth-order valence-corrected chi connectivity index (χ4v) is 4.65. The molecule has 5 nitrogen and oxygen atoms in total. The average Bonchev–Trinajstić information content (AvgIpc) is 2.86. The van der Waals surface area contributed by atoms with E-state index in [2.05, 4.69) is 25.3 Å². The Balaban J connectivity index is 0.00000108. The third-order valence-electron chi connectivity index (χ3n) is 5.53. The number of hydrogen-bond acceptors (Lipinski definition) is 6. The second-order valence-corrected chi connectivity index (χ2v) is 9.73. The molecule has 0 atom stereocenters. The van der Waals surface area contributed by atoms with Crippen LogP contribution in [0.4, 0.5) is 16.0 Å². The number of anilines is 2. The Labute approximate surface area is 217 Å². The van der Waals surface area contributed by atoms with E-state index >= 15 is 0 Å². The quantitative estimate of drug-likeness (QED) is 0.285. The molecule has 8 heteroatoms. The van der Waals surface area contributed by atoms with Crippen LogP contribution in [0.5, 0.6) is 0 Å². The zero-order chi connectivity index (χ0) is 25.0. The Bertz CT molecular complexity index is 1100. The first kappa shape index (κ1) is 27.0. The number of nitrogens with one attached hydrogen (secondary N) is 3. The normalized spacial score (nSPS) is 13.9. The van der Waals surface area contributed by atoms with Crippen molar-refractivity contribution < 1.29 is 4.39 Å². The highest BCUT2D eigenvalue weighted by atomic mass is 35.5. The van der Waals surface area contributed by atoms with Crippen molar-refractivity contribution in [2.24, 2.45) is 0 Å². The number of aryl methyl sites for hydroxylation is 1. The van der Waals surface area contributed by atoms with Crippen LogP contribution >= 0.6 is 23.5 Å². The lowest BCUT2D eigenvalue weighted by Gasteiger charge is -2.22. The van der Waals surface area contributed by atoms with Gasteiger partial charge in [0.15, 0.2) is 0 Å². The van der Waals surface area contributed by atoms with Crippen molar-refractivity contribution in [3.8, 4) is 0 Å². The molecule has 3 aromatic rings. The maximum absolute atomic E-state index is 14.7. The standard InChI is InChI=1S/C25H26ClFN4S.C2H7N/c1-17-13-23(31-32-24-10-6-5-9-21(24)26)22(27)14-19(17)12-11-18-15-28-25(29-16-18)30-20-7-3-2-4-8-20;1-3-2/h5-6,9-16,20,31H,2-4,7-8H2,1H3,(H,28,29,30);3H,1-2H3/b12-11+;. The van der Waals surface area contributed by atoms with E-state index in [9.17, 15) is 4.39 Å². The van der Waals surface area contributed by atoms with E-state index in [-0.39, 0.29) is 5.82 Å². The largest absolute Gasteiger partial charge is 0.351 e. The van der Waals surface area contributed by atoms with E-state index in [0.717, 1.165) is 21.6 Å². The summed E-state index contributed by atoms with van der Waals surface area (Å²) in [6.07, 6.45) is 13.6. The molecule has 0 spiro atoms. The number of nitrogens with zero attached hydrogens (tertiary/aromatic N) is 2. The Hall–Kier alpha value is -2.61. The van der Waals surface area contributed by atoms with Gasteiger partial charge < -0.3 is 15.4 Å². The van der Waals surface area contributed by atoms with Gasteiger partial charge in [0.2, 0.25) is 5.95 Å². The number of halogens is 2. The molecule has 1 saturated carbocycles. The summed E-state index contributed by atoms with van der Waals surface area (Å²) >= 11 is 7.46. The predicted molar refractivity (Wildman–Crippen MR) is 149 cm³/mol. The zero-order valence-corrected chi connectivity index (χ0v) is 22.0. The van der Waals surface area contributed by atoms with Crippen molar-refractivity contribution in [1.82, 2.24) is 15.3 Å². The van der Waals surface area contributed by atoms with Crippen LogP contribution in [0.25, 0.3) is 12.2 Å². The molecule has 186 valence electrons. The summed E-state index contributed by atoms with van der Waals surface area (Å²) in [7, 11) is 3.75. The molecule has 0 aliphatic heterocycles. The number of aromatic nitrogens is 2. The van der Waals surface area contributed by atoms with Gasteiger partial charge in [0.25, 0.3) is 0 Å². The van der Waals surface area contributed by atoms with E-state index in [0.29, 0.717) is 22.7 Å². The van der Waals surface area contributed by atoms with Crippen LogP contribution in [0.15, 0.2) is 53.7 Å². The molecule has 0 unspecified atom stereocenters. The van der Waals surface area contributed by atoms with Crippen LogP contribution in [-0.4, -0.2) is 30.1 Å². The molecule has 1 heterocycles. The molecule has 0 amide bonds. The van der Waals surface area contributed by atoms with Crippen LogP contribution in [0.3, 0.4) is 0 Å². The van der Waals surface area contributed by atoms with Gasteiger partial charge in [-0.05, 0) is 81.2 Å². The van der Waals surface area contributed by atoms with E-state index in [1.165, 1.54) is 50.1 Å². The van der Waals surface area contributed by atoms with Crippen molar-refractivity contribution in [2.45, 2.75) is 50.0 Å². The van der Waals surface area contributed by atoms with Crippen LogP contribution in [0.1, 0.15) is 48.8 Å². The van der Waals surface area contributed by atoms with Crippen LogP contribution < -0.4 is 15.4 Å². The Morgan fingerprint density at radius 2 is 1.71 bits per heavy atom. The van der Waals surface area contributed by atoms with Gasteiger partial charge in [0, 0.05) is 28.9 Å². The van der Waals surface area contributed by atoms with Gasteiger partial charge in [-0.3, -0.25) is 0 Å². The smallest absolute Gasteiger partial charge is 0.222 e. The van der Waals surface area contributed by atoms with Gasteiger partial charge in [-0.15, -0.1) is 0 Å². The van der Waals surface area contributed by atoms with Crippen molar-refractivity contribution in [3.63, 3.8) is 0 Å². The minimum Gasteiger partial charge on any atom is -0.351 e. The molecule has 1 aliphatic carbocycles. The molecule has 0 radical (unpaired) electrons. The van der Waals surface area contributed by atoms with Crippen molar-refractivity contribution in [1.29, 1.82) is 0 Å². The highest BCUT2D eigenvalue weighted by molar-refractivity contribution is 8.00. The van der Waals surface area contributed by atoms with Crippen LogP contribution in [-0.2, 0) is 0 Å². The molecular formula is C27H33ClFN5S. The van der Waals surface area contributed by atoms with Gasteiger partial charge in [0.1, 0.15) is 5.82 Å². The van der Waals surface area contributed by atoms with Gasteiger partial charge in [-0.25, -0.2) is 14.4 Å². The summed E-state index contributed by atoms with van der Waals surface area (Å²) in [6, 6.07) is 11.3. The van der Waals surface area contributed by atoms with Crippen molar-refractivity contribution in [2.75, 3.05) is 24.1 Å². The minimum absolute atomic E-state index is 0.321. The first-order valence-corrected chi connectivity index (χ1v) is 13.0. The monoisotopic (exact) mass is 513 g/mol. The maximum Gasteiger partial charge on any atom is 0.222 e. The molecule has 0 saturated heterocycles. The fraction of sp³-hybridized carbons (Fsp3) is 0.333. The lowest BCUT2D eigenvalue weighted by atomic mass is 9.96. The van der Waals surface area contributed by atoms with Gasteiger partial charge in [-0.2, -0.15) is 0 Å². The Morgan fingerprint density at radius 3 is 2.40 bits per heavy atom. The highest BCUT2D eigenvalue weighted by Gasteiger charge is 2.13. The second kappa shape index (κ2) is 14.1. The number of hydrogen-bond donors (Lipinski definition) is 3. The Kier molecular flexibility index (Phi) is 10.8. The highest BCUT2D eigenvalue weighted by Crippen LogP contribution is 2.30. The minimum atomic E-state index is -0.321. The fourth-order valence-electron chi connectivity index (χ4n) is 3.71. The van der Waals surface area contributed by atoms with E-state index in [1.54, 1.807) is 18.5 Å². The molecular weight excluding hydrogens is 481 g/mol. The molecule has 3 N–H and O–H groups in total. The lowest BCUT2D eigenvalue weighted by Crippen LogP contribution is -2.23. The first-order valence-electron chi connectivity index (χ1n) is 11.8. The average molecular weight is 514 g/mol. The predicted octanol–water partition coefficient (Wildman–Crippen LogP) is 7.45. The molecule has 1 aliphatic rings.